The molecule has 1 saturated heterocycles. The zero-order valence-electron chi connectivity index (χ0n) is 27.4. The van der Waals surface area contributed by atoms with Gasteiger partial charge in [-0.3, -0.25) is 9.59 Å². The summed E-state index contributed by atoms with van der Waals surface area (Å²) in [5.74, 6) is -0.0493. The molecule has 4 N–H and O–H groups in total. The zero-order valence-corrected chi connectivity index (χ0v) is 27.4. The molecule has 0 radical (unpaired) electrons. The van der Waals surface area contributed by atoms with Gasteiger partial charge in [-0.05, 0) is 67.7 Å². The minimum Gasteiger partial charge on any atom is -0.483 e. The predicted octanol–water partition coefficient (Wildman–Crippen LogP) is 4.33. The summed E-state index contributed by atoms with van der Waals surface area (Å²) >= 11 is 0. The number of urea groups is 1. The second-order valence-electron chi connectivity index (χ2n) is 12.5. The number of nitrogens with zero attached hydrogens (tertiary/aromatic N) is 1. The Morgan fingerprint density at radius 2 is 1.50 bits per heavy atom. The molecule has 1 fully saturated rings. The first kappa shape index (κ1) is 34.5. The van der Waals surface area contributed by atoms with Gasteiger partial charge in [0, 0.05) is 19.1 Å². The number of aliphatic hydroxyl groups is 1. The van der Waals surface area contributed by atoms with Gasteiger partial charge in [0.2, 0.25) is 5.91 Å². The molecule has 4 atom stereocenters. The molecule has 3 aromatic carbocycles. The van der Waals surface area contributed by atoms with E-state index in [1.165, 1.54) is 0 Å². The third kappa shape index (κ3) is 9.81. The molecule has 0 saturated carbocycles. The number of carbonyl (C=O) groups is 3. The number of benzene rings is 3. The summed E-state index contributed by atoms with van der Waals surface area (Å²) in [5, 5.41) is 20.7. The Bertz CT molecular complexity index is 1410. The Labute approximate surface area is 272 Å². The number of aliphatic hydroxyl groups excluding tert-OH is 1. The van der Waals surface area contributed by atoms with E-state index in [4.69, 9.17) is 4.74 Å². The highest BCUT2D eigenvalue weighted by molar-refractivity contribution is 5.87. The fourth-order valence-electron chi connectivity index (χ4n) is 6.12. The number of para-hydroxylation sites is 1. The van der Waals surface area contributed by atoms with Gasteiger partial charge >= 0.3 is 6.03 Å². The number of carbonyl (C=O) groups excluding carboxylic acids is 3. The standard InChI is InChI=1S/C37H48N4O5/c1-25(2)34(41-20-12-19-38-37(41)45)36(44)39-30(21-28-15-7-5-8-16-28)23-32(42)31(22-29-17-9-6-10-18-29)40-33(43)24-46-35-26(3)13-11-14-27(35)4/h5-11,13-18,25,30-32,34,42H,12,19-24H2,1-4H3,(H,38,45)(H,39,44)(H,40,43)/t30?,31-,32-,34-/m0/s1. The highest BCUT2D eigenvalue weighted by Crippen LogP contribution is 2.22. The van der Waals surface area contributed by atoms with E-state index in [0.717, 1.165) is 28.7 Å². The van der Waals surface area contributed by atoms with Gasteiger partial charge in [0.15, 0.2) is 6.61 Å². The van der Waals surface area contributed by atoms with E-state index in [0.29, 0.717) is 31.7 Å². The normalized spacial score (nSPS) is 15.8. The molecule has 1 aliphatic heterocycles. The second-order valence-corrected chi connectivity index (χ2v) is 12.5. The van der Waals surface area contributed by atoms with E-state index in [2.05, 4.69) is 16.0 Å². The fourth-order valence-corrected chi connectivity index (χ4v) is 6.12. The molecule has 9 nitrogen and oxygen atoms in total. The summed E-state index contributed by atoms with van der Waals surface area (Å²) in [5.41, 5.74) is 3.84. The smallest absolute Gasteiger partial charge is 0.318 e. The summed E-state index contributed by atoms with van der Waals surface area (Å²) in [6.45, 7) is 8.63. The third-order valence-corrected chi connectivity index (χ3v) is 8.41. The van der Waals surface area contributed by atoms with Crippen molar-refractivity contribution >= 4 is 17.8 Å². The summed E-state index contributed by atoms with van der Waals surface area (Å²) in [7, 11) is 0. The van der Waals surface area contributed by atoms with Crippen molar-refractivity contribution < 1.29 is 24.2 Å². The van der Waals surface area contributed by atoms with Crippen molar-refractivity contribution in [2.75, 3.05) is 19.7 Å². The number of hydrogen-bond acceptors (Lipinski definition) is 5. The van der Waals surface area contributed by atoms with Crippen molar-refractivity contribution in [2.24, 2.45) is 5.92 Å². The van der Waals surface area contributed by atoms with Gasteiger partial charge in [-0.15, -0.1) is 0 Å². The highest BCUT2D eigenvalue weighted by Gasteiger charge is 2.35. The van der Waals surface area contributed by atoms with Crippen molar-refractivity contribution in [3.8, 4) is 5.75 Å². The maximum atomic E-state index is 13.8. The monoisotopic (exact) mass is 628 g/mol. The molecule has 246 valence electrons. The first-order valence-corrected chi connectivity index (χ1v) is 16.2. The van der Waals surface area contributed by atoms with Gasteiger partial charge in [0.05, 0.1) is 12.1 Å². The predicted molar refractivity (Wildman–Crippen MR) is 180 cm³/mol. The average molecular weight is 629 g/mol. The van der Waals surface area contributed by atoms with Crippen LogP contribution in [0.25, 0.3) is 0 Å². The van der Waals surface area contributed by atoms with Crippen LogP contribution < -0.4 is 20.7 Å². The van der Waals surface area contributed by atoms with Crippen LogP contribution in [-0.4, -0.2) is 71.8 Å². The SMILES string of the molecule is Cc1cccc(C)c1OCC(=O)N[C@@H](Cc1ccccc1)[C@@H](O)CC(Cc1ccccc1)NC(=O)[C@H](C(C)C)N1CCCNC1=O. The molecule has 4 amide bonds. The molecule has 1 aliphatic rings. The maximum Gasteiger partial charge on any atom is 0.318 e. The van der Waals surface area contributed by atoms with E-state index >= 15 is 0 Å². The third-order valence-electron chi connectivity index (χ3n) is 8.41. The lowest BCUT2D eigenvalue weighted by Gasteiger charge is -2.37. The van der Waals surface area contributed by atoms with E-state index in [-0.39, 0.29) is 36.8 Å². The second kappa shape index (κ2) is 16.8. The lowest BCUT2D eigenvalue weighted by Crippen LogP contribution is -2.59. The number of nitrogens with one attached hydrogen (secondary N) is 3. The van der Waals surface area contributed by atoms with Crippen LogP contribution in [0.2, 0.25) is 0 Å². The minimum absolute atomic E-state index is 0.117. The Hall–Kier alpha value is -4.37. The van der Waals surface area contributed by atoms with Crippen LogP contribution in [0.15, 0.2) is 78.9 Å². The van der Waals surface area contributed by atoms with Gasteiger partial charge in [0.1, 0.15) is 11.8 Å². The van der Waals surface area contributed by atoms with Gasteiger partial charge in [0.25, 0.3) is 5.91 Å². The Kier molecular flexibility index (Phi) is 12.6. The lowest BCUT2D eigenvalue weighted by molar-refractivity contribution is -0.128. The molecule has 0 spiro atoms. The van der Waals surface area contributed by atoms with Crippen LogP contribution in [0.5, 0.6) is 5.75 Å². The molecule has 4 rings (SSSR count). The molecule has 1 heterocycles. The minimum atomic E-state index is -0.992. The topological polar surface area (TPSA) is 120 Å². The molecule has 0 aliphatic carbocycles. The maximum absolute atomic E-state index is 13.8. The highest BCUT2D eigenvalue weighted by atomic mass is 16.5. The van der Waals surface area contributed by atoms with E-state index < -0.39 is 24.2 Å². The van der Waals surface area contributed by atoms with Crippen molar-refractivity contribution in [1.82, 2.24) is 20.9 Å². The summed E-state index contributed by atoms with van der Waals surface area (Å²) in [6, 6.07) is 23.3. The number of ether oxygens (including phenoxy) is 1. The number of amides is 4. The molecule has 0 bridgehead atoms. The first-order valence-electron chi connectivity index (χ1n) is 16.2. The van der Waals surface area contributed by atoms with Crippen molar-refractivity contribution in [3.05, 3.63) is 101 Å². The summed E-state index contributed by atoms with van der Waals surface area (Å²) in [4.78, 5) is 41.3. The largest absolute Gasteiger partial charge is 0.483 e. The summed E-state index contributed by atoms with van der Waals surface area (Å²) < 4.78 is 5.90. The lowest BCUT2D eigenvalue weighted by atomic mass is 9.92. The van der Waals surface area contributed by atoms with Gasteiger partial charge in [-0.1, -0.05) is 92.7 Å². The Morgan fingerprint density at radius 3 is 2.09 bits per heavy atom. The van der Waals surface area contributed by atoms with Gasteiger partial charge in [-0.25, -0.2) is 4.79 Å². The number of aryl methyl sites for hydroxylation is 2. The van der Waals surface area contributed by atoms with Crippen LogP contribution in [0.4, 0.5) is 4.79 Å². The molecule has 1 unspecified atom stereocenters. The molecule has 0 aromatic heterocycles. The van der Waals surface area contributed by atoms with Gasteiger partial charge < -0.3 is 30.7 Å². The number of hydrogen-bond donors (Lipinski definition) is 4. The van der Waals surface area contributed by atoms with E-state index in [1.807, 2.05) is 107 Å². The van der Waals surface area contributed by atoms with E-state index in [1.54, 1.807) is 4.90 Å². The number of rotatable bonds is 15. The average Bonchev–Trinajstić information content (AvgIpc) is 3.02. The fraction of sp³-hybridized carbons (Fsp3) is 0.432. The van der Waals surface area contributed by atoms with Crippen molar-refractivity contribution in [2.45, 2.75) is 77.6 Å². The first-order chi connectivity index (χ1) is 22.1. The van der Waals surface area contributed by atoms with Crippen LogP contribution >= 0.6 is 0 Å². The molecule has 3 aromatic rings. The molecule has 46 heavy (non-hydrogen) atoms. The van der Waals surface area contributed by atoms with Gasteiger partial charge in [-0.2, -0.15) is 0 Å². The van der Waals surface area contributed by atoms with Crippen LogP contribution in [0.3, 0.4) is 0 Å². The van der Waals surface area contributed by atoms with Crippen molar-refractivity contribution in [1.29, 1.82) is 0 Å². The van der Waals surface area contributed by atoms with E-state index in [9.17, 15) is 19.5 Å². The van der Waals surface area contributed by atoms with Crippen LogP contribution in [0.1, 0.15) is 48.9 Å². The van der Waals surface area contributed by atoms with Crippen LogP contribution in [0, 0.1) is 19.8 Å². The van der Waals surface area contributed by atoms with Crippen LogP contribution in [-0.2, 0) is 22.4 Å². The Balaban J connectivity index is 1.52. The summed E-state index contributed by atoms with van der Waals surface area (Å²) in [6.07, 6.45) is 0.831. The molecular weight excluding hydrogens is 580 g/mol. The Morgan fingerprint density at radius 1 is 0.891 bits per heavy atom. The molecular formula is C37H48N4O5. The molecule has 9 heteroatoms. The van der Waals surface area contributed by atoms with Crippen molar-refractivity contribution in [3.63, 3.8) is 0 Å². The quantitative estimate of drug-likeness (QED) is 0.200. The zero-order chi connectivity index (χ0) is 33.1.